The molecule has 3 aliphatic heterocycles. The van der Waals surface area contributed by atoms with Gasteiger partial charge >= 0.3 is 6.18 Å². The average molecular weight is 423 g/mol. The van der Waals surface area contributed by atoms with E-state index in [0.717, 1.165) is 12.1 Å². The van der Waals surface area contributed by atoms with E-state index in [1.165, 1.54) is 24.1 Å². The molecule has 1 amide bonds. The number of nitriles is 1. The third-order valence-corrected chi connectivity index (χ3v) is 6.64. The molecule has 0 aromatic heterocycles. The second-order valence-corrected chi connectivity index (χ2v) is 8.06. The number of alkyl halides is 3. The van der Waals surface area contributed by atoms with Crippen LogP contribution in [-0.2, 0) is 20.4 Å². The number of anilines is 1. The van der Waals surface area contributed by atoms with Crippen molar-refractivity contribution in [3.05, 3.63) is 29.3 Å². The molecule has 4 rings (SSSR count). The van der Waals surface area contributed by atoms with Crippen molar-refractivity contribution >= 4 is 17.3 Å². The quantitative estimate of drug-likeness (QED) is 0.595. The first-order valence-electron chi connectivity index (χ1n) is 9.46. The first-order valence-corrected chi connectivity index (χ1v) is 9.46. The number of methoxy groups -OCH3 is 1. The lowest BCUT2D eigenvalue weighted by molar-refractivity contribution is -0.138. The second-order valence-electron chi connectivity index (χ2n) is 8.06. The summed E-state index contributed by atoms with van der Waals surface area (Å²) in [5, 5.41) is 22.0. The molecule has 0 spiro atoms. The average Bonchev–Trinajstić information content (AvgIpc) is 3.28. The zero-order valence-corrected chi connectivity index (χ0v) is 16.5. The van der Waals surface area contributed by atoms with E-state index in [1.807, 2.05) is 6.92 Å². The molecule has 30 heavy (non-hydrogen) atoms. The summed E-state index contributed by atoms with van der Waals surface area (Å²) in [7, 11) is 1.37. The summed E-state index contributed by atoms with van der Waals surface area (Å²) in [5.41, 5.74) is -3.24. The van der Waals surface area contributed by atoms with Crippen LogP contribution in [0.5, 0.6) is 0 Å². The minimum atomic E-state index is -4.75. The Morgan fingerprint density at radius 2 is 2.17 bits per heavy atom. The molecular formula is C20H20F3N3O4. The van der Waals surface area contributed by atoms with Gasteiger partial charge in [0.1, 0.15) is 11.8 Å². The topological polar surface area (TPSA) is 95.2 Å². The molecule has 3 heterocycles. The normalized spacial score (nSPS) is 36.4. The van der Waals surface area contributed by atoms with Crippen LogP contribution >= 0.6 is 0 Å². The Morgan fingerprint density at radius 1 is 1.47 bits per heavy atom. The lowest BCUT2D eigenvalue weighted by atomic mass is 9.66. The number of rotatable bonds is 3. The van der Waals surface area contributed by atoms with Crippen LogP contribution in [0.25, 0.3) is 0 Å². The molecule has 2 bridgehead atoms. The smallest absolute Gasteiger partial charge is 0.411 e. The van der Waals surface area contributed by atoms with Gasteiger partial charge in [0, 0.05) is 19.2 Å². The number of oxime groups is 1. The maximum Gasteiger partial charge on any atom is 0.417 e. The molecule has 1 N–H and O–H groups in total. The minimum absolute atomic E-state index is 0.00989. The van der Waals surface area contributed by atoms with E-state index in [4.69, 9.17) is 14.7 Å². The van der Waals surface area contributed by atoms with Crippen LogP contribution in [0.15, 0.2) is 23.4 Å². The maximum absolute atomic E-state index is 13.5. The SMILES string of the molecule is CCC12O[C@](C)(C/C1=N\O)[C@H]1C(=O)N(c3ccc(C#N)c(C(F)(F)F)c3)C(OC)[C@H]12. The summed E-state index contributed by atoms with van der Waals surface area (Å²) in [5.74, 6) is -1.65. The predicted molar refractivity (Wildman–Crippen MR) is 97.8 cm³/mol. The standard InChI is InChI=1S/C20H20F3N3O4/c1-4-19-13(25-28)8-18(2,30-19)14-15(19)17(29-3)26(16(14)27)11-6-5-10(9-24)12(7-11)20(21,22)23/h5-7,14-15,17,28H,4,8H2,1-3H3/b25-13+/t14-,15+,17?,18-,19?/m1/s1. The van der Waals surface area contributed by atoms with Gasteiger partial charge in [-0.25, -0.2) is 0 Å². The van der Waals surface area contributed by atoms with Crippen LogP contribution in [0, 0.1) is 23.2 Å². The van der Waals surface area contributed by atoms with Crippen LogP contribution in [0.2, 0.25) is 0 Å². The van der Waals surface area contributed by atoms with E-state index in [0.29, 0.717) is 12.1 Å². The third-order valence-electron chi connectivity index (χ3n) is 6.64. The maximum atomic E-state index is 13.5. The van der Waals surface area contributed by atoms with Crippen molar-refractivity contribution in [1.29, 1.82) is 5.26 Å². The van der Waals surface area contributed by atoms with Crippen molar-refractivity contribution in [2.75, 3.05) is 12.0 Å². The fourth-order valence-corrected chi connectivity index (χ4v) is 5.49. The predicted octanol–water partition coefficient (Wildman–Crippen LogP) is 3.30. The number of halogens is 3. The fourth-order valence-electron chi connectivity index (χ4n) is 5.49. The number of amides is 1. The van der Waals surface area contributed by atoms with Gasteiger partial charge in [0.05, 0.1) is 40.3 Å². The molecule has 0 aliphatic carbocycles. The van der Waals surface area contributed by atoms with Crippen molar-refractivity contribution in [3.63, 3.8) is 0 Å². The highest BCUT2D eigenvalue weighted by atomic mass is 19.4. The van der Waals surface area contributed by atoms with E-state index in [9.17, 15) is 23.2 Å². The van der Waals surface area contributed by atoms with E-state index >= 15 is 0 Å². The van der Waals surface area contributed by atoms with Crippen LogP contribution in [-0.4, -0.2) is 41.4 Å². The molecule has 3 saturated heterocycles. The summed E-state index contributed by atoms with van der Waals surface area (Å²) >= 11 is 0. The van der Waals surface area contributed by atoms with Crippen molar-refractivity contribution in [2.45, 2.75) is 50.3 Å². The van der Waals surface area contributed by atoms with Gasteiger partial charge in [-0.3, -0.25) is 9.69 Å². The number of carbonyl (C=O) groups is 1. The summed E-state index contributed by atoms with van der Waals surface area (Å²) in [6, 6.07) is 4.70. The van der Waals surface area contributed by atoms with Crippen molar-refractivity contribution < 1.29 is 32.6 Å². The first-order chi connectivity index (χ1) is 14.1. The van der Waals surface area contributed by atoms with E-state index < -0.39 is 52.5 Å². The molecule has 1 aromatic rings. The molecule has 0 saturated carbocycles. The van der Waals surface area contributed by atoms with Gasteiger partial charge in [-0.2, -0.15) is 18.4 Å². The number of carbonyl (C=O) groups excluding carboxylic acids is 1. The zero-order valence-electron chi connectivity index (χ0n) is 16.5. The molecular weight excluding hydrogens is 403 g/mol. The van der Waals surface area contributed by atoms with Gasteiger partial charge in [0.25, 0.3) is 0 Å². The molecule has 0 radical (unpaired) electrons. The molecule has 2 unspecified atom stereocenters. The zero-order chi connectivity index (χ0) is 22.1. The summed E-state index contributed by atoms with van der Waals surface area (Å²) in [6.45, 7) is 3.58. The highest BCUT2D eigenvalue weighted by molar-refractivity contribution is 6.06. The third kappa shape index (κ3) is 2.45. The Kier molecular flexibility index (Phi) is 4.42. The number of fused-ring (bicyclic) bond motifs is 5. The van der Waals surface area contributed by atoms with Gasteiger partial charge in [0.15, 0.2) is 0 Å². The van der Waals surface area contributed by atoms with E-state index in [2.05, 4.69) is 5.16 Å². The minimum Gasteiger partial charge on any atom is -0.411 e. The largest absolute Gasteiger partial charge is 0.417 e. The van der Waals surface area contributed by atoms with Gasteiger partial charge in [-0.1, -0.05) is 12.1 Å². The van der Waals surface area contributed by atoms with Crippen LogP contribution in [0.3, 0.4) is 0 Å². The van der Waals surface area contributed by atoms with Crippen molar-refractivity contribution in [1.82, 2.24) is 0 Å². The summed E-state index contributed by atoms with van der Waals surface area (Å²) in [6.07, 6.45) is -5.02. The Balaban J connectivity index is 1.86. The molecule has 160 valence electrons. The van der Waals surface area contributed by atoms with E-state index in [1.54, 1.807) is 6.92 Å². The lowest BCUT2D eigenvalue weighted by Crippen LogP contribution is -2.50. The van der Waals surface area contributed by atoms with Gasteiger partial charge in [-0.15, -0.1) is 0 Å². The highest BCUT2D eigenvalue weighted by Gasteiger charge is 2.76. The van der Waals surface area contributed by atoms with Gasteiger partial charge in [0.2, 0.25) is 5.91 Å². The number of ether oxygens (including phenoxy) is 2. The van der Waals surface area contributed by atoms with Gasteiger partial charge < -0.3 is 14.7 Å². The highest BCUT2D eigenvalue weighted by Crippen LogP contribution is 2.62. The number of hydrogen-bond donors (Lipinski definition) is 1. The Morgan fingerprint density at radius 3 is 2.70 bits per heavy atom. The monoisotopic (exact) mass is 423 g/mol. The van der Waals surface area contributed by atoms with E-state index in [-0.39, 0.29) is 12.1 Å². The molecule has 1 aromatic carbocycles. The first kappa shape index (κ1) is 20.6. The lowest BCUT2D eigenvalue weighted by Gasteiger charge is -2.36. The molecule has 5 atom stereocenters. The molecule has 10 heteroatoms. The fraction of sp³-hybridized carbons (Fsp3) is 0.550. The Bertz CT molecular complexity index is 988. The Labute approximate surface area is 170 Å². The van der Waals surface area contributed by atoms with Crippen LogP contribution in [0.1, 0.15) is 37.8 Å². The molecule has 3 aliphatic rings. The van der Waals surface area contributed by atoms with Crippen molar-refractivity contribution in [2.24, 2.45) is 17.0 Å². The summed E-state index contributed by atoms with van der Waals surface area (Å²) < 4.78 is 52.2. The van der Waals surface area contributed by atoms with Crippen molar-refractivity contribution in [3.8, 4) is 6.07 Å². The second kappa shape index (κ2) is 6.43. The summed E-state index contributed by atoms with van der Waals surface area (Å²) in [4.78, 5) is 14.6. The number of hydrogen-bond acceptors (Lipinski definition) is 6. The van der Waals surface area contributed by atoms with Crippen LogP contribution in [0.4, 0.5) is 18.9 Å². The Hall–Kier alpha value is -2.64. The number of nitrogens with zero attached hydrogens (tertiary/aromatic N) is 3. The number of benzene rings is 1. The molecule has 7 nitrogen and oxygen atoms in total. The molecule has 3 fully saturated rings. The van der Waals surface area contributed by atoms with Crippen LogP contribution < -0.4 is 4.90 Å². The van der Waals surface area contributed by atoms with Gasteiger partial charge in [-0.05, 0) is 31.5 Å².